The summed E-state index contributed by atoms with van der Waals surface area (Å²) >= 11 is 0. The third kappa shape index (κ3) is 3.52. The second-order valence-electron chi connectivity index (χ2n) is 3.96. The Morgan fingerprint density at radius 3 is 2.76 bits per heavy atom. The lowest BCUT2D eigenvalue weighted by molar-refractivity contribution is 0.0502. The first-order chi connectivity index (χ1) is 8.10. The van der Waals surface area contributed by atoms with Gasteiger partial charge < -0.3 is 14.0 Å². The number of methoxy groups -OCH3 is 1. The first-order valence-electron chi connectivity index (χ1n) is 5.66. The molecule has 96 valence electrons. The van der Waals surface area contributed by atoms with E-state index in [1.807, 2.05) is 13.8 Å². The van der Waals surface area contributed by atoms with E-state index in [0.29, 0.717) is 25.6 Å². The van der Waals surface area contributed by atoms with E-state index in [1.165, 1.54) is 0 Å². The lowest BCUT2D eigenvalue weighted by atomic mass is 10.2. The molecule has 1 heterocycles. The van der Waals surface area contributed by atoms with Crippen LogP contribution in [0.4, 0.5) is 0 Å². The van der Waals surface area contributed by atoms with Crippen molar-refractivity contribution in [1.82, 2.24) is 14.8 Å². The van der Waals surface area contributed by atoms with Crippen LogP contribution in [0.3, 0.4) is 0 Å². The first kappa shape index (κ1) is 13.6. The van der Waals surface area contributed by atoms with Gasteiger partial charge in [0.15, 0.2) is 0 Å². The van der Waals surface area contributed by atoms with Crippen LogP contribution in [0.15, 0.2) is 0 Å². The van der Waals surface area contributed by atoms with Crippen LogP contribution in [0.25, 0.3) is 0 Å². The van der Waals surface area contributed by atoms with Crippen LogP contribution < -0.4 is 0 Å². The number of aryl methyl sites for hydroxylation is 1. The number of nitrogens with zero attached hydrogens (tertiary/aromatic N) is 3. The standard InChI is InChI=1S/C11H19N3O3/c1-5-17-11(15)10-13-12-9(3)14(10)6-8(2)7-16-4/h8H,5-7H2,1-4H3. The van der Waals surface area contributed by atoms with Gasteiger partial charge in [0.2, 0.25) is 5.82 Å². The van der Waals surface area contributed by atoms with Crippen molar-refractivity contribution in [3.05, 3.63) is 11.6 Å². The highest BCUT2D eigenvalue weighted by atomic mass is 16.5. The fourth-order valence-electron chi connectivity index (χ4n) is 1.60. The van der Waals surface area contributed by atoms with Crippen molar-refractivity contribution in [3.8, 4) is 0 Å². The van der Waals surface area contributed by atoms with Crippen molar-refractivity contribution in [1.29, 1.82) is 0 Å². The molecule has 0 aliphatic carbocycles. The van der Waals surface area contributed by atoms with E-state index >= 15 is 0 Å². The fraction of sp³-hybridized carbons (Fsp3) is 0.727. The molecule has 0 aliphatic heterocycles. The van der Waals surface area contributed by atoms with Gasteiger partial charge in [-0.2, -0.15) is 0 Å². The molecule has 0 saturated carbocycles. The third-order valence-electron chi connectivity index (χ3n) is 2.34. The van der Waals surface area contributed by atoms with E-state index in [9.17, 15) is 4.79 Å². The predicted molar refractivity (Wildman–Crippen MR) is 61.8 cm³/mol. The zero-order valence-electron chi connectivity index (χ0n) is 10.8. The van der Waals surface area contributed by atoms with Crippen LogP contribution in [0.5, 0.6) is 0 Å². The molecular weight excluding hydrogens is 222 g/mol. The van der Waals surface area contributed by atoms with Gasteiger partial charge in [-0.05, 0) is 19.8 Å². The Hall–Kier alpha value is -1.43. The monoisotopic (exact) mass is 241 g/mol. The molecule has 0 fully saturated rings. The average molecular weight is 241 g/mol. The van der Waals surface area contributed by atoms with Crippen LogP contribution >= 0.6 is 0 Å². The Morgan fingerprint density at radius 1 is 1.47 bits per heavy atom. The summed E-state index contributed by atoms with van der Waals surface area (Å²) in [6, 6.07) is 0. The average Bonchev–Trinajstić information content (AvgIpc) is 2.61. The van der Waals surface area contributed by atoms with Gasteiger partial charge >= 0.3 is 5.97 Å². The summed E-state index contributed by atoms with van der Waals surface area (Å²) in [6.07, 6.45) is 0. The van der Waals surface area contributed by atoms with Gasteiger partial charge in [-0.15, -0.1) is 10.2 Å². The fourth-order valence-corrected chi connectivity index (χ4v) is 1.60. The maximum absolute atomic E-state index is 11.6. The number of aromatic nitrogens is 3. The SMILES string of the molecule is CCOC(=O)c1nnc(C)n1CC(C)COC. The molecule has 0 amide bonds. The predicted octanol–water partition coefficient (Wildman–Crippen LogP) is 1.05. The topological polar surface area (TPSA) is 66.2 Å². The molecule has 1 atom stereocenters. The van der Waals surface area contributed by atoms with Crippen LogP contribution in [0, 0.1) is 12.8 Å². The molecule has 6 heteroatoms. The van der Waals surface area contributed by atoms with Crippen LogP contribution in [0.1, 0.15) is 30.3 Å². The third-order valence-corrected chi connectivity index (χ3v) is 2.34. The Labute approximate surface area is 101 Å². The Bertz CT molecular complexity index is 376. The highest BCUT2D eigenvalue weighted by molar-refractivity contribution is 5.85. The van der Waals surface area contributed by atoms with Gasteiger partial charge in [-0.3, -0.25) is 0 Å². The maximum Gasteiger partial charge on any atom is 0.376 e. The summed E-state index contributed by atoms with van der Waals surface area (Å²) in [5.41, 5.74) is 0. The highest BCUT2D eigenvalue weighted by Gasteiger charge is 2.19. The zero-order chi connectivity index (χ0) is 12.8. The van der Waals surface area contributed by atoms with Gasteiger partial charge in [0.1, 0.15) is 5.82 Å². The maximum atomic E-state index is 11.6. The van der Waals surface area contributed by atoms with Crippen LogP contribution in [0.2, 0.25) is 0 Å². The first-order valence-corrected chi connectivity index (χ1v) is 5.66. The lowest BCUT2D eigenvalue weighted by Crippen LogP contribution is -2.19. The van der Waals surface area contributed by atoms with Crippen molar-refractivity contribution < 1.29 is 14.3 Å². The number of hydrogen-bond acceptors (Lipinski definition) is 5. The summed E-state index contributed by atoms with van der Waals surface area (Å²) in [6.45, 7) is 7.21. The Kier molecular flexibility index (Phi) is 5.09. The Morgan fingerprint density at radius 2 is 2.18 bits per heavy atom. The largest absolute Gasteiger partial charge is 0.460 e. The van der Waals surface area contributed by atoms with Crippen molar-refractivity contribution in [3.63, 3.8) is 0 Å². The summed E-state index contributed by atoms with van der Waals surface area (Å²) in [4.78, 5) is 11.6. The molecule has 17 heavy (non-hydrogen) atoms. The van der Waals surface area contributed by atoms with E-state index in [4.69, 9.17) is 9.47 Å². The minimum absolute atomic E-state index is 0.257. The molecule has 0 N–H and O–H groups in total. The molecule has 6 nitrogen and oxygen atoms in total. The molecule has 1 aromatic heterocycles. The number of rotatable bonds is 6. The highest BCUT2D eigenvalue weighted by Crippen LogP contribution is 2.08. The quantitative estimate of drug-likeness (QED) is 0.696. The summed E-state index contributed by atoms with van der Waals surface area (Å²) < 4.78 is 11.8. The Balaban J connectivity index is 2.82. The van der Waals surface area contributed by atoms with Gasteiger partial charge in [0.25, 0.3) is 0 Å². The van der Waals surface area contributed by atoms with Gasteiger partial charge in [-0.25, -0.2) is 4.79 Å². The second-order valence-corrected chi connectivity index (χ2v) is 3.96. The number of hydrogen-bond donors (Lipinski definition) is 0. The van der Waals surface area contributed by atoms with Crippen molar-refractivity contribution in [2.75, 3.05) is 20.3 Å². The molecule has 1 aromatic rings. The zero-order valence-corrected chi connectivity index (χ0v) is 10.8. The molecule has 0 spiro atoms. The molecule has 1 rings (SSSR count). The van der Waals surface area contributed by atoms with E-state index in [1.54, 1.807) is 18.6 Å². The van der Waals surface area contributed by atoms with E-state index < -0.39 is 5.97 Å². The van der Waals surface area contributed by atoms with E-state index in [2.05, 4.69) is 10.2 Å². The van der Waals surface area contributed by atoms with Crippen LogP contribution in [-0.2, 0) is 16.0 Å². The minimum atomic E-state index is -0.433. The molecule has 1 unspecified atom stereocenters. The van der Waals surface area contributed by atoms with E-state index in [-0.39, 0.29) is 11.7 Å². The summed E-state index contributed by atoms with van der Waals surface area (Å²) in [5, 5.41) is 7.75. The number of carbonyl (C=O) groups is 1. The smallest absolute Gasteiger partial charge is 0.376 e. The number of esters is 1. The molecule has 0 bridgehead atoms. The van der Waals surface area contributed by atoms with Gasteiger partial charge in [0.05, 0.1) is 13.2 Å². The molecule has 0 aliphatic rings. The summed E-state index contributed by atoms with van der Waals surface area (Å²) in [7, 11) is 1.65. The molecule has 0 radical (unpaired) electrons. The lowest BCUT2D eigenvalue weighted by Gasteiger charge is -2.13. The van der Waals surface area contributed by atoms with Crippen LogP contribution in [-0.4, -0.2) is 41.1 Å². The van der Waals surface area contributed by atoms with Crippen molar-refractivity contribution in [2.45, 2.75) is 27.3 Å². The van der Waals surface area contributed by atoms with E-state index in [0.717, 1.165) is 0 Å². The normalized spacial score (nSPS) is 12.5. The van der Waals surface area contributed by atoms with Gasteiger partial charge in [-0.1, -0.05) is 6.92 Å². The summed E-state index contributed by atoms with van der Waals surface area (Å²) in [5.74, 6) is 0.809. The number of carbonyl (C=O) groups excluding carboxylic acids is 1. The molecular formula is C11H19N3O3. The number of ether oxygens (including phenoxy) is 2. The van der Waals surface area contributed by atoms with Crippen molar-refractivity contribution >= 4 is 5.97 Å². The van der Waals surface area contributed by atoms with Gasteiger partial charge in [0, 0.05) is 13.7 Å². The van der Waals surface area contributed by atoms with Crippen molar-refractivity contribution in [2.24, 2.45) is 5.92 Å². The molecule has 0 saturated heterocycles. The minimum Gasteiger partial charge on any atom is -0.460 e. The second kappa shape index (κ2) is 6.34. The molecule has 0 aromatic carbocycles.